The molecule has 26 heavy (non-hydrogen) atoms. The molecule has 1 saturated heterocycles. The van der Waals surface area contributed by atoms with E-state index in [1.807, 2.05) is 36.1 Å². The van der Waals surface area contributed by atoms with E-state index in [2.05, 4.69) is 20.4 Å². The fourth-order valence-electron chi connectivity index (χ4n) is 3.06. The van der Waals surface area contributed by atoms with E-state index in [0.29, 0.717) is 25.4 Å². The Morgan fingerprint density at radius 2 is 1.88 bits per heavy atom. The monoisotopic (exact) mass is 352 g/mol. The summed E-state index contributed by atoms with van der Waals surface area (Å²) in [6.45, 7) is 5.55. The molecule has 0 bridgehead atoms. The third kappa shape index (κ3) is 3.36. The van der Waals surface area contributed by atoms with Gasteiger partial charge in [-0.2, -0.15) is 4.68 Å². The van der Waals surface area contributed by atoms with Crippen molar-refractivity contribution in [1.82, 2.24) is 30.0 Å². The fraction of sp³-hybridized carbons (Fsp3) is 0.333. The van der Waals surface area contributed by atoms with Gasteiger partial charge in [0.25, 0.3) is 5.91 Å². The van der Waals surface area contributed by atoms with Crippen molar-refractivity contribution in [1.29, 1.82) is 0 Å². The maximum Gasteiger partial charge on any atom is 0.289 e. The Balaban J connectivity index is 1.39. The molecule has 4 rings (SSSR count). The van der Waals surface area contributed by atoms with Crippen LogP contribution >= 0.6 is 0 Å². The van der Waals surface area contributed by atoms with Gasteiger partial charge in [-0.3, -0.25) is 9.69 Å². The molecule has 3 aromatic rings. The van der Waals surface area contributed by atoms with Gasteiger partial charge in [-0.15, -0.1) is 5.10 Å². The zero-order chi connectivity index (χ0) is 17.9. The highest BCUT2D eigenvalue weighted by Gasteiger charge is 2.24. The smallest absolute Gasteiger partial charge is 0.289 e. The Hall–Kier alpha value is -3.00. The molecule has 134 valence electrons. The van der Waals surface area contributed by atoms with Gasteiger partial charge in [0.2, 0.25) is 0 Å². The standard InChI is InChI=1S/C18H20N6O2/c1-14-4-6-15(7-5-14)24-17(19-20-21-24)13-22-8-10-23(11-9-22)18(25)16-3-2-12-26-16/h2-7,12H,8-11,13H2,1H3. The number of amides is 1. The lowest BCUT2D eigenvalue weighted by Gasteiger charge is -2.33. The number of nitrogens with zero attached hydrogens (tertiary/aromatic N) is 6. The Morgan fingerprint density at radius 3 is 2.58 bits per heavy atom. The van der Waals surface area contributed by atoms with Crippen LogP contribution < -0.4 is 0 Å². The van der Waals surface area contributed by atoms with E-state index in [4.69, 9.17) is 4.42 Å². The van der Waals surface area contributed by atoms with Gasteiger partial charge >= 0.3 is 0 Å². The summed E-state index contributed by atoms with van der Waals surface area (Å²) in [4.78, 5) is 16.4. The molecule has 8 heteroatoms. The number of benzene rings is 1. The van der Waals surface area contributed by atoms with Crippen molar-refractivity contribution >= 4 is 5.91 Å². The van der Waals surface area contributed by atoms with Crippen LogP contribution in [-0.4, -0.2) is 62.1 Å². The zero-order valence-electron chi connectivity index (χ0n) is 14.6. The summed E-state index contributed by atoms with van der Waals surface area (Å²) < 4.78 is 6.96. The van der Waals surface area contributed by atoms with Gasteiger partial charge in [-0.05, 0) is 41.6 Å². The number of carbonyl (C=O) groups excluding carboxylic acids is 1. The van der Waals surface area contributed by atoms with Crippen LogP contribution in [-0.2, 0) is 6.54 Å². The molecule has 1 aromatic carbocycles. The molecular formula is C18H20N6O2. The van der Waals surface area contributed by atoms with E-state index in [-0.39, 0.29) is 5.91 Å². The van der Waals surface area contributed by atoms with Gasteiger partial charge < -0.3 is 9.32 Å². The van der Waals surface area contributed by atoms with Crippen molar-refractivity contribution in [2.75, 3.05) is 26.2 Å². The molecule has 3 heterocycles. The average Bonchev–Trinajstić information content (AvgIpc) is 3.35. The van der Waals surface area contributed by atoms with Crippen LogP contribution in [0.15, 0.2) is 47.1 Å². The van der Waals surface area contributed by atoms with Gasteiger partial charge in [0, 0.05) is 26.2 Å². The van der Waals surface area contributed by atoms with Gasteiger partial charge in [-0.1, -0.05) is 17.7 Å². The second kappa shape index (κ2) is 7.09. The van der Waals surface area contributed by atoms with Gasteiger partial charge in [0.1, 0.15) is 0 Å². The van der Waals surface area contributed by atoms with Crippen molar-refractivity contribution < 1.29 is 9.21 Å². The third-order valence-electron chi connectivity index (χ3n) is 4.57. The molecule has 0 aliphatic carbocycles. The van der Waals surface area contributed by atoms with E-state index < -0.39 is 0 Å². The van der Waals surface area contributed by atoms with Crippen LogP contribution in [0, 0.1) is 6.92 Å². The molecule has 0 atom stereocenters. The normalized spacial score (nSPS) is 15.3. The molecule has 0 radical (unpaired) electrons. The molecule has 0 unspecified atom stereocenters. The molecule has 1 aliphatic heterocycles. The Kier molecular flexibility index (Phi) is 4.49. The van der Waals surface area contributed by atoms with E-state index in [1.54, 1.807) is 16.8 Å². The summed E-state index contributed by atoms with van der Waals surface area (Å²) >= 11 is 0. The Bertz CT molecular complexity index is 863. The number of hydrogen-bond acceptors (Lipinski definition) is 6. The summed E-state index contributed by atoms with van der Waals surface area (Å²) in [5, 5.41) is 12.1. The number of carbonyl (C=O) groups is 1. The highest BCUT2D eigenvalue weighted by Crippen LogP contribution is 2.13. The van der Waals surface area contributed by atoms with Gasteiger partial charge in [0.05, 0.1) is 18.5 Å². The number of rotatable bonds is 4. The third-order valence-corrected chi connectivity index (χ3v) is 4.57. The molecule has 1 aliphatic rings. The van der Waals surface area contributed by atoms with Crippen molar-refractivity contribution in [2.24, 2.45) is 0 Å². The predicted molar refractivity (Wildman–Crippen MR) is 93.8 cm³/mol. The fourth-order valence-corrected chi connectivity index (χ4v) is 3.06. The van der Waals surface area contributed by atoms with Crippen molar-refractivity contribution in [3.05, 3.63) is 59.8 Å². The quantitative estimate of drug-likeness (QED) is 0.708. The molecular weight excluding hydrogens is 332 g/mol. The summed E-state index contributed by atoms with van der Waals surface area (Å²) in [6, 6.07) is 11.5. The second-order valence-electron chi connectivity index (χ2n) is 6.39. The maximum atomic E-state index is 12.3. The summed E-state index contributed by atoms with van der Waals surface area (Å²) in [6.07, 6.45) is 1.52. The highest BCUT2D eigenvalue weighted by atomic mass is 16.3. The summed E-state index contributed by atoms with van der Waals surface area (Å²) in [7, 11) is 0. The number of tetrazole rings is 1. The van der Waals surface area contributed by atoms with Crippen LogP contribution in [0.2, 0.25) is 0 Å². The lowest BCUT2D eigenvalue weighted by Crippen LogP contribution is -2.48. The Labute approximate surface area is 151 Å². The van der Waals surface area contributed by atoms with Crippen LogP contribution in [0.3, 0.4) is 0 Å². The molecule has 1 fully saturated rings. The minimum Gasteiger partial charge on any atom is -0.459 e. The SMILES string of the molecule is Cc1ccc(-n2nnnc2CN2CCN(C(=O)c3ccco3)CC2)cc1. The first kappa shape index (κ1) is 16.5. The van der Waals surface area contributed by atoms with Gasteiger partial charge in [0.15, 0.2) is 11.6 Å². The first-order valence-corrected chi connectivity index (χ1v) is 8.60. The Morgan fingerprint density at radius 1 is 1.12 bits per heavy atom. The number of hydrogen-bond donors (Lipinski definition) is 0. The second-order valence-corrected chi connectivity index (χ2v) is 6.39. The average molecular weight is 352 g/mol. The highest BCUT2D eigenvalue weighted by molar-refractivity contribution is 5.91. The zero-order valence-corrected chi connectivity index (χ0v) is 14.6. The molecule has 0 N–H and O–H groups in total. The van der Waals surface area contributed by atoms with Crippen LogP contribution in [0.1, 0.15) is 21.9 Å². The molecule has 2 aromatic heterocycles. The largest absolute Gasteiger partial charge is 0.459 e. The van der Waals surface area contributed by atoms with Crippen molar-refractivity contribution in [3.63, 3.8) is 0 Å². The molecule has 1 amide bonds. The topological polar surface area (TPSA) is 80.3 Å². The number of piperazine rings is 1. The predicted octanol–water partition coefficient (Wildman–Crippen LogP) is 1.52. The lowest BCUT2D eigenvalue weighted by atomic mass is 10.2. The maximum absolute atomic E-state index is 12.3. The molecule has 0 saturated carbocycles. The molecule has 0 spiro atoms. The van der Waals surface area contributed by atoms with Crippen molar-refractivity contribution in [3.8, 4) is 5.69 Å². The van der Waals surface area contributed by atoms with E-state index in [9.17, 15) is 4.79 Å². The minimum atomic E-state index is -0.0564. The van der Waals surface area contributed by atoms with Crippen molar-refractivity contribution in [2.45, 2.75) is 13.5 Å². The number of furan rings is 1. The van der Waals surface area contributed by atoms with E-state index in [0.717, 1.165) is 24.6 Å². The summed E-state index contributed by atoms with van der Waals surface area (Å²) in [5.41, 5.74) is 2.14. The van der Waals surface area contributed by atoms with Crippen LogP contribution in [0.25, 0.3) is 5.69 Å². The number of aromatic nitrogens is 4. The van der Waals surface area contributed by atoms with Crippen LogP contribution in [0.5, 0.6) is 0 Å². The van der Waals surface area contributed by atoms with Gasteiger partial charge in [-0.25, -0.2) is 0 Å². The van der Waals surface area contributed by atoms with E-state index in [1.165, 1.54) is 11.8 Å². The molecule has 8 nitrogen and oxygen atoms in total. The number of aryl methyl sites for hydroxylation is 1. The van der Waals surface area contributed by atoms with Crippen LogP contribution in [0.4, 0.5) is 0 Å². The summed E-state index contributed by atoms with van der Waals surface area (Å²) in [5.74, 6) is 1.13. The first-order chi connectivity index (χ1) is 12.7. The lowest BCUT2D eigenvalue weighted by molar-refractivity contribution is 0.0594. The first-order valence-electron chi connectivity index (χ1n) is 8.60. The minimum absolute atomic E-state index is 0.0564. The van der Waals surface area contributed by atoms with E-state index >= 15 is 0 Å².